The van der Waals surface area contributed by atoms with Crippen LogP contribution in [0.4, 0.5) is 0 Å². The molecule has 1 aromatic rings. The summed E-state index contributed by atoms with van der Waals surface area (Å²) in [5.41, 5.74) is 0.645. The molecule has 0 aromatic heterocycles. The van der Waals surface area contributed by atoms with Gasteiger partial charge in [-0.2, -0.15) is 5.26 Å². The summed E-state index contributed by atoms with van der Waals surface area (Å²) >= 11 is 0. The summed E-state index contributed by atoms with van der Waals surface area (Å²) in [6.07, 6.45) is 3.83. The minimum absolute atomic E-state index is 0.143. The highest BCUT2D eigenvalue weighted by molar-refractivity contribution is 5.36. The average molecular weight is 230 g/mol. The Morgan fingerprint density at radius 2 is 2.35 bits per heavy atom. The first-order valence-corrected chi connectivity index (χ1v) is 6.20. The monoisotopic (exact) mass is 230 g/mol. The third-order valence-electron chi connectivity index (χ3n) is 3.20. The van der Waals surface area contributed by atoms with Gasteiger partial charge in [-0.3, -0.25) is 0 Å². The second-order valence-electron chi connectivity index (χ2n) is 4.52. The predicted octanol–water partition coefficient (Wildman–Crippen LogP) is 2.47. The highest BCUT2D eigenvalue weighted by Gasteiger charge is 2.20. The Hall–Kier alpha value is -1.53. The van der Waals surface area contributed by atoms with Crippen LogP contribution in [-0.4, -0.2) is 18.7 Å². The van der Waals surface area contributed by atoms with Crippen LogP contribution < -0.4 is 10.1 Å². The lowest BCUT2D eigenvalue weighted by atomic mass is 10.0. The molecule has 0 bridgehead atoms. The van der Waals surface area contributed by atoms with E-state index >= 15 is 0 Å². The van der Waals surface area contributed by atoms with Crippen molar-refractivity contribution in [2.45, 2.75) is 38.3 Å². The van der Waals surface area contributed by atoms with Gasteiger partial charge in [0.1, 0.15) is 11.9 Å². The fourth-order valence-electron chi connectivity index (χ4n) is 2.22. The summed E-state index contributed by atoms with van der Waals surface area (Å²) in [6, 6.07) is 9.89. The Balaban J connectivity index is 1.97. The normalized spacial score (nSPS) is 21.5. The molecule has 0 spiro atoms. The molecule has 17 heavy (non-hydrogen) atoms. The van der Waals surface area contributed by atoms with E-state index in [2.05, 4.69) is 18.3 Å². The number of nitrogens with one attached hydrogen (secondary N) is 1. The summed E-state index contributed by atoms with van der Waals surface area (Å²) in [5, 5.41) is 12.3. The zero-order valence-electron chi connectivity index (χ0n) is 10.1. The summed E-state index contributed by atoms with van der Waals surface area (Å²) in [6.45, 7) is 3.17. The van der Waals surface area contributed by atoms with Gasteiger partial charge in [-0.15, -0.1) is 0 Å². The zero-order chi connectivity index (χ0) is 12.1. The molecule has 0 saturated carbocycles. The first kappa shape index (κ1) is 11.9. The minimum atomic E-state index is 0.143. The molecule has 1 aliphatic rings. The number of nitriles is 1. The lowest BCUT2D eigenvalue weighted by molar-refractivity contribution is 0.152. The maximum Gasteiger partial charge on any atom is 0.121 e. The number of rotatable bonds is 3. The number of hydrogen-bond acceptors (Lipinski definition) is 3. The van der Waals surface area contributed by atoms with Gasteiger partial charge in [-0.1, -0.05) is 12.5 Å². The molecule has 2 atom stereocenters. The highest BCUT2D eigenvalue weighted by Crippen LogP contribution is 2.18. The first-order valence-electron chi connectivity index (χ1n) is 6.20. The van der Waals surface area contributed by atoms with E-state index in [1.165, 1.54) is 19.3 Å². The van der Waals surface area contributed by atoms with E-state index in [1.54, 1.807) is 12.1 Å². The molecule has 1 saturated heterocycles. The second-order valence-corrected chi connectivity index (χ2v) is 4.52. The molecule has 0 amide bonds. The van der Waals surface area contributed by atoms with Gasteiger partial charge >= 0.3 is 0 Å². The Morgan fingerprint density at radius 1 is 1.47 bits per heavy atom. The van der Waals surface area contributed by atoms with Crippen LogP contribution >= 0.6 is 0 Å². The van der Waals surface area contributed by atoms with Crippen molar-refractivity contribution in [1.82, 2.24) is 5.32 Å². The van der Waals surface area contributed by atoms with Crippen LogP contribution in [-0.2, 0) is 0 Å². The number of hydrogen-bond donors (Lipinski definition) is 1. The number of benzene rings is 1. The third kappa shape index (κ3) is 3.21. The van der Waals surface area contributed by atoms with Gasteiger partial charge < -0.3 is 10.1 Å². The van der Waals surface area contributed by atoms with Crippen LogP contribution in [0.5, 0.6) is 5.75 Å². The van der Waals surface area contributed by atoms with E-state index in [0.717, 1.165) is 12.3 Å². The molecule has 1 aromatic carbocycles. The summed E-state index contributed by atoms with van der Waals surface area (Å²) in [7, 11) is 0. The maximum absolute atomic E-state index is 8.83. The number of ether oxygens (including phenoxy) is 1. The molecule has 3 heteroatoms. The van der Waals surface area contributed by atoms with Crippen molar-refractivity contribution in [2.24, 2.45) is 0 Å². The minimum Gasteiger partial charge on any atom is -0.489 e. The van der Waals surface area contributed by atoms with Gasteiger partial charge in [0.15, 0.2) is 0 Å². The van der Waals surface area contributed by atoms with Crippen molar-refractivity contribution in [2.75, 3.05) is 6.54 Å². The van der Waals surface area contributed by atoms with Gasteiger partial charge in [-0.05, 0) is 44.5 Å². The second kappa shape index (κ2) is 5.70. The number of nitrogens with zero attached hydrogens (tertiary/aromatic N) is 1. The molecule has 90 valence electrons. The Morgan fingerprint density at radius 3 is 3.06 bits per heavy atom. The van der Waals surface area contributed by atoms with Gasteiger partial charge in [0.25, 0.3) is 0 Å². The zero-order valence-corrected chi connectivity index (χ0v) is 10.1. The molecule has 1 fully saturated rings. The van der Waals surface area contributed by atoms with Crippen molar-refractivity contribution in [3.05, 3.63) is 29.8 Å². The molecule has 0 radical (unpaired) electrons. The summed E-state index contributed by atoms with van der Waals surface area (Å²) in [5.74, 6) is 0.781. The van der Waals surface area contributed by atoms with Crippen LogP contribution in [0.2, 0.25) is 0 Å². The Labute approximate surface area is 102 Å². The molecule has 3 nitrogen and oxygen atoms in total. The fraction of sp³-hybridized carbons (Fsp3) is 0.500. The summed E-state index contributed by atoms with van der Waals surface area (Å²) < 4.78 is 5.88. The molecular formula is C14H18N2O. The van der Waals surface area contributed by atoms with Crippen LogP contribution in [0.1, 0.15) is 31.7 Å². The van der Waals surface area contributed by atoms with E-state index in [4.69, 9.17) is 10.00 Å². The topological polar surface area (TPSA) is 45.0 Å². The Kier molecular flexibility index (Phi) is 4.00. The predicted molar refractivity (Wildman–Crippen MR) is 66.9 cm³/mol. The fourth-order valence-corrected chi connectivity index (χ4v) is 2.22. The Bertz CT molecular complexity index is 405. The lowest BCUT2D eigenvalue weighted by Crippen LogP contribution is -2.44. The summed E-state index contributed by atoms with van der Waals surface area (Å²) in [4.78, 5) is 0. The SMILES string of the molecule is CC(Oc1cccc(C#N)c1)C1CCCCN1. The standard InChI is InChI=1S/C14H18N2O/c1-11(14-7-2-3-8-16-14)17-13-6-4-5-12(9-13)10-15/h4-6,9,11,14,16H,2-3,7-8H2,1H3. The van der Waals surface area contributed by atoms with E-state index in [9.17, 15) is 0 Å². The molecular weight excluding hydrogens is 212 g/mol. The van der Waals surface area contributed by atoms with Gasteiger partial charge in [0.2, 0.25) is 0 Å². The molecule has 1 N–H and O–H groups in total. The van der Waals surface area contributed by atoms with Crippen LogP contribution in [0.25, 0.3) is 0 Å². The highest BCUT2D eigenvalue weighted by atomic mass is 16.5. The van der Waals surface area contributed by atoms with Crippen molar-refractivity contribution in [1.29, 1.82) is 5.26 Å². The van der Waals surface area contributed by atoms with E-state index in [-0.39, 0.29) is 6.10 Å². The smallest absolute Gasteiger partial charge is 0.121 e. The van der Waals surface area contributed by atoms with Crippen LogP contribution in [0.15, 0.2) is 24.3 Å². The van der Waals surface area contributed by atoms with Crippen LogP contribution in [0.3, 0.4) is 0 Å². The number of piperidine rings is 1. The maximum atomic E-state index is 8.83. The third-order valence-corrected chi connectivity index (χ3v) is 3.20. The molecule has 1 heterocycles. The van der Waals surface area contributed by atoms with Crippen molar-refractivity contribution in [3.8, 4) is 11.8 Å². The van der Waals surface area contributed by atoms with E-state index in [0.29, 0.717) is 11.6 Å². The van der Waals surface area contributed by atoms with Crippen molar-refractivity contribution >= 4 is 0 Å². The molecule has 1 aliphatic heterocycles. The quantitative estimate of drug-likeness (QED) is 0.867. The van der Waals surface area contributed by atoms with Gasteiger partial charge in [-0.25, -0.2) is 0 Å². The molecule has 0 aliphatic carbocycles. The first-order chi connectivity index (χ1) is 8.29. The van der Waals surface area contributed by atoms with Gasteiger partial charge in [0, 0.05) is 6.04 Å². The van der Waals surface area contributed by atoms with E-state index in [1.807, 2.05) is 12.1 Å². The van der Waals surface area contributed by atoms with E-state index < -0.39 is 0 Å². The molecule has 2 rings (SSSR count). The van der Waals surface area contributed by atoms with Crippen molar-refractivity contribution < 1.29 is 4.74 Å². The van der Waals surface area contributed by atoms with Gasteiger partial charge in [0.05, 0.1) is 11.6 Å². The molecule has 2 unspecified atom stereocenters. The average Bonchev–Trinajstić information content (AvgIpc) is 2.40. The van der Waals surface area contributed by atoms with Crippen LogP contribution in [0, 0.1) is 11.3 Å². The van der Waals surface area contributed by atoms with Crippen molar-refractivity contribution in [3.63, 3.8) is 0 Å². The largest absolute Gasteiger partial charge is 0.489 e. The lowest BCUT2D eigenvalue weighted by Gasteiger charge is -2.29.